The van der Waals surface area contributed by atoms with Gasteiger partial charge in [0, 0.05) is 36.9 Å². The van der Waals surface area contributed by atoms with Crippen molar-refractivity contribution in [1.29, 1.82) is 0 Å². The SMILES string of the molecule is Nc1ccc2c(c1)N(CCc1cccnc1)CC2. The van der Waals surface area contributed by atoms with Gasteiger partial charge >= 0.3 is 0 Å². The van der Waals surface area contributed by atoms with Gasteiger partial charge in [-0.05, 0) is 42.2 Å². The fourth-order valence-corrected chi connectivity index (χ4v) is 2.50. The van der Waals surface area contributed by atoms with Crippen molar-refractivity contribution in [3.8, 4) is 0 Å². The maximum atomic E-state index is 5.86. The highest BCUT2D eigenvalue weighted by Crippen LogP contribution is 2.29. The molecule has 2 N–H and O–H groups in total. The highest BCUT2D eigenvalue weighted by molar-refractivity contribution is 5.64. The Hall–Kier alpha value is -2.03. The minimum Gasteiger partial charge on any atom is -0.399 e. The summed E-state index contributed by atoms with van der Waals surface area (Å²) < 4.78 is 0. The molecule has 3 heteroatoms. The van der Waals surface area contributed by atoms with Crippen molar-refractivity contribution < 1.29 is 0 Å². The number of nitrogen functional groups attached to an aromatic ring is 1. The van der Waals surface area contributed by atoms with Crippen LogP contribution in [0.5, 0.6) is 0 Å². The number of hydrogen-bond donors (Lipinski definition) is 1. The number of nitrogens with zero attached hydrogens (tertiary/aromatic N) is 2. The largest absolute Gasteiger partial charge is 0.399 e. The molecule has 1 aromatic heterocycles. The maximum Gasteiger partial charge on any atom is 0.0420 e. The molecular formula is C15H17N3. The van der Waals surface area contributed by atoms with Crippen molar-refractivity contribution >= 4 is 11.4 Å². The zero-order chi connectivity index (χ0) is 12.4. The average molecular weight is 239 g/mol. The number of anilines is 2. The van der Waals surface area contributed by atoms with Crippen LogP contribution < -0.4 is 10.6 Å². The molecule has 3 rings (SSSR count). The average Bonchev–Trinajstić information content (AvgIpc) is 2.80. The molecule has 0 atom stereocenters. The molecule has 0 radical (unpaired) electrons. The van der Waals surface area contributed by atoms with E-state index in [4.69, 9.17) is 5.73 Å². The summed E-state index contributed by atoms with van der Waals surface area (Å²) in [5, 5.41) is 0. The first kappa shape index (κ1) is 11.1. The number of aromatic nitrogens is 1. The molecular weight excluding hydrogens is 222 g/mol. The lowest BCUT2D eigenvalue weighted by Gasteiger charge is -2.19. The van der Waals surface area contributed by atoms with E-state index < -0.39 is 0 Å². The predicted molar refractivity (Wildman–Crippen MR) is 74.7 cm³/mol. The topological polar surface area (TPSA) is 42.1 Å². The van der Waals surface area contributed by atoms with Crippen LogP contribution in [-0.2, 0) is 12.8 Å². The minimum atomic E-state index is 0.849. The van der Waals surface area contributed by atoms with Crippen molar-refractivity contribution in [2.24, 2.45) is 0 Å². The van der Waals surface area contributed by atoms with E-state index in [0.717, 1.165) is 31.6 Å². The Labute approximate surface area is 107 Å². The molecule has 92 valence electrons. The second kappa shape index (κ2) is 4.69. The van der Waals surface area contributed by atoms with Gasteiger partial charge in [-0.2, -0.15) is 0 Å². The van der Waals surface area contributed by atoms with Gasteiger partial charge in [-0.25, -0.2) is 0 Å². The molecule has 0 spiro atoms. The minimum absolute atomic E-state index is 0.849. The Balaban J connectivity index is 1.71. The second-order valence-corrected chi connectivity index (χ2v) is 4.74. The first-order valence-corrected chi connectivity index (χ1v) is 6.35. The van der Waals surface area contributed by atoms with Gasteiger partial charge in [-0.15, -0.1) is 0 Å². The van der Waals surface area contributed by atoms with Gasteiger partial charge in [0.1, 0.15) is 0 Å². The summed E-state index contributed by atoms with van der Waals surface area (Å²) in [5.74, 6) is 0. The van der Waals surface area contributed by atoms with E-state index in [-0.39, 0.29) is 0 Å². The molecule has 0 saturated carbocycles. The van der Waals surface area contributed by atoms with E-state index in [1.807, 2.05) is 24.5 Å². The first-order chi connectivity index (χ1) is 8.83. The number of rotatable bonds is 3. The number of fused-ring (bicyclic) bond motifs is 1. The Morgan fingerprint density at radius 3 is 3.06 bits per heavy atom. The van der Waals surface area contributed by atoms with Crippen molar-refractivity contribution in [1.82, 2.24) is 4.98 Å². The van der Waals surface area contributed by atoms with Crippen molar-refractivity contribution in [3.63, 3.8) is 0 Å². The van der Waals surface area contributed by atoms with Crippen LogP contribution in [0.25, 0.3) is 0 Å². The van der Waals surface area contributed by atoms with Crippen LogP contribution >= 0.6 is 0 Å². The fourth-order valence-electron chi connectivity index (χ4n) is 2.50. The molecule has 0 unspecified atom stereocenters. The van der Waals surface area contributed by atoms with E-state index in [0.29, 0.717) is 0 Å². The second-order valence-electron chi connectivity index (χ2n) is 4.74. The Morgan fingerprint density at radius 2 is 2.22 bits per heavy atom. The van der Waals surface area contributed by atoms with E-state index >= 15 is 0 Å². The summed E-state index contributed by atoms with van der Waals surface area (Å²) in [4.78, 5) is 6.57. The van der Waals surface area contributed by atoms with E-state index in [9.17, 15) is 0 Å². The highest BCUT2D eigenvalue weighted by atomic mass is 15.1. The van der Waals surface area contributed by atoms with Gasteiger partial charge in [0.15, 0.2) is 0 Å². The number of hydrogen-bond acceptors (Lipinski definition) is 3. The van der Waals surface area contributed by atoms with Gasteiger partial charge < -0.3 is 10.6 Å². The molecule has 0 amide bonds. The molecule has 0 saturated heterocycles. The van der Waals surface area contributed by atoms with Gasteiger partial charge in [-0.1, -0.05) is 12.1 Å². The van der Waals surface area contributed by atoms with E-state index in [1.165, 1.54) is 16.8 Å². The highest BCUT2D eigenvalue weighted by Gasteiger charge is 2.18. The maximum absolute atomic E-state index is 5.86. The lowest BCUT2D eigenvalue weighted by atomic mass is 10.1. The molecule has 2 heterocycles. The molecule has 0 aliphatic carbocycles. The van der Waals surface area contributed by atoms with Crippen LogP contribution in [0.3, 0.4) is 0 Å². The van der Waals surface area contributed by atoms with Crippen LogP contribution in [0, 0.1) is 0 Å². The van der Waals surface area contributed by atoms with Crippen LogP contribution in [0.2, 0.25) is 0 Å². The summed E-state index contributed by atoms with van der Waals surface area (Å²) in [6.45, 7) is 2.13. The molecule has 3 nitrogen and oxygen atoms in total. The normalized spacial score (nSPS) is 13.7. The quantitative estimate of drug-likeness (QED) is 0.835. The standard InChI is InChI=1S/C15H17N3/c16-14-4-3-13-6-9-18(15(13)10-14)8-5-12-2-1-7-17-11-12/h1-4,7,10-11H,5-6,8-9,16H2. The van der Waals surface area contributed by atoms with Gasteiger partial charge in [0.2, 0.25) is 0 Å². The molecule has 0 fully saturated rings. The Bertz CT molecular complexity index is 537. The van der Waals surface area contributed by atoms with Gasteiger partial charge in [0.05, 0.1) is 0 Å². The summed E-state index contributed by atoms with van der Waals surface area (Å²) >= 11 is 0. The summed E-state index contributed by atoms with van der Waals surface area (Å²) in [6.07, 6.45) is 5.91. The molecule has 0 bridgehead atoms. The van der Waals surface area contributed by atoms with Crippen molar-refractivity contribution in [2.45, 2.75) is 12.8 Å². The molecule has 2 aromatic rings. The third kappa shape index (κ3) is 2.16. The predicted octanol–water partition coefficient (Wildman–Crippen LogP) is 2.27. The van der Waals surface area contributed by atoms with Crippen LogP contribution in [-0.4, -0.2) is 18.1 Å². The van der Waals surface area contributed by atoms with Crippen molar-refractivity contribution in [3.05, 3.63) is 53.9 Å². The number of pyridine rings is 1. The zero-order valence-electron chi connectivity index (χ0n) is 10.3. The molecule has 1 aromatic carbocycles. The zero-order valence-corrected chi connectivity index (χ0v) is 10.3. The van der Waals surface area contributed by atoms with E-state index in [2.05, 4.69) is 28.1 Å². The Morgan fingerprint density at radius 1 is 1.28 bits per heavy atom. The lowest BCUT2D eigenvalue weighted by Crippen LogP contribution is -2.23. The summed E-state index contributed by atoms with van der Waals surface area (Å²) in [7, 11) is 0. The third-order valence-corrected chi connectivity index (χ3v) is 3.49. The third-order valence-electron chi connectivity index (χ3n) is 3.49. The van der Waals surface area contributed by atoms with Gasteiger partial charge in [-0.3, -0.25) is 4.98 Å². The van der Waals surface area contributed by atoms with Crippen LogP contribution in [0.1, 0.15) is 11.1 Å². The summed E-state index contributed by atoms with van der Waals surface area (Å²) in [5.41, 5.74) is 10.7. The smallest absolute Gasteiger partial charge is 0.0420 e. The number of nitrogens with two attached hydrogens (primary N) is 1. The van der Waals surface area contributed by atoms with E-state index in [1.54, 1.807) is 0 Å². The first-order valence-electron chi connectivity index (χ1n) is 6.35. The van der Waals surface area contributed by atoms with Crippen LogP contribution in [0.4, 0.5) is 11.4 Å². The number of benzene rings is 1. The molecule has 18 heavy (non-hydrogen) atoms. The fraction of sp³-hybridized carbons (Fsp3) is 0.267. The molecule has 1 aliphatic rings. The van der Waals surface area contributed by atoms with Gasteiger partial charge in [0.25, 0.3) is 0 Å². The van der Waals surface area contributed by atoms with Crippen molar-refractivity contribution in [2.75, 3.05) is 23.7 Å². The van der Waals surface area contributed by atoms with Crippen LogP contribution in [0.15, 0.2) is 42.7 Å². The molecule has 1 aliphatic heterocycles. The Kier molecular flexibility index (Phi) is 2.89. The monoisotopic (exact) mass is 239 g/mol. The lowest BCUT2D eigenvalue weighted by molar-refractivity contribution is 0.811. The summed E-state index contributed by atoms with van der Waals surface area (Å²) in [6, 6.07) is 10.3.